The van der Waals surface area contributed by atoms with E-state index in [1.54, 1.807) is 5.38 Å². The zero-order chi connectivity index (χ0) is 10.7. The molecule has 0 saturated carbocycles. The van der Waals surface area contributed by atoms with Gasteiger partial charge in [-0.1, -0.05) is 11.3 Å². The molecule has 0 unspecified atom stereocenters. The lowest BCUT2D eigenvalue weighted by Crippen LogP contribution is -2.40. The van der Waals surface area contributed by atoms with Crippen LogP contribution in [0.4, 0.5) is 0 Å². The van der Waals surface area contributed by atoms with E-state index < -0.39 is 0 Å². The van der Waals surface area contributed by atoms with E-state index in [-0.39, 0.29) is 16.8 Å². The quantitative estimate of drug-likeness (QED) is 0.670. The summed E-state index contributed by atoms with van der Waals surface area (Å²) in [4.78, 5) is 25.0. The molecular weight excluding hydrogens is 214 g/mol. The summed E-state index contributed by atoms with van der Waals surface area (Å²) in [6.45, 7) is 1.31. The number of hydrogen-bond acceptors (Lipinski definition) is 4. The van der Waals surface area contributed by atoms with Crippen LogP contribution in [0, 0.1) is 0 Å². The van der Waals surface area contributed by atoms with Gasteiger partial charge in [0.25, 0.3) is 0 Å². The molecule has 1 saturated heterocycles. The lowest BCUT2D eigenvalue weighted by molar-refractivity contribution is -0.122. The number of carbonyl (C=O) groups is 1. The first-order chi connectivity index (χ1) is 7.25. The summed E-state index contributed by atoms with van der Waals surface area (Å²) in [5, 5.41) is 7.63. The molecule has 82 valence electrons. The molecule has 0 aliphatic carbocycles. The van der Waals surface area contributed by atoms with E-state index >= 15 is 0 Å². The number of hydrogen-bond donors (Lipinski definition) is 3. The Labute approximate surface area is 90.9 Å². The molecule has 6 heteroatoms. The minimum Gasteiger partial charge on any atom is -0.349 e. The number of H-pyrrole nitrogens is 1. The van der Waals surface area contributed by atoms with Gasteiger partial charge in [-0.2, -0.15) is 0 Å². The van der Waals surface area contributed by atoms with Crippen LogP contribution in [0.3, 0.4) is 0 Å². The summed E-state index contributed by atoms with van der Waals surface area (Å²) in [6.07, 6.45) is 1.94. The highest BCUT2D eigenvalue weighted by molar-refractivity contribution is 7.07. The summed E-state index contributed by atoms with van der Waals surface area (Å²) in [7, 11) is 0. The smallest absolute Gasteiger partial charge is 0.304 e. The Hall–Kier alpha value is -1.14. The standard InChI is InChI=1S/C9H13N3O2S/c13-8(7-2-1-3-10-7)11-4-6-5-15-9(14)12-6/h5,7,10H,1-4H2,(H,11,13)(H,12,14)/t7-/m0/s1. The fourth-order valence-electron chi connectivity index (χ4n) is 1.61. The van der Waals surface area contributed by atoms with Gasteiger partial charge in [0, 0.05) is 11.1 Å². The molecule has 3 N–H and O–H groups in total. The van der Waals surface area contributed by atoms with Crippen molar-refractivity contribution in [2.75, 3.05) is 6.54 Å². The Morgan fingerprint density at radius 3 is 3.13 bits per heavy atom. The summed E-state index contributed by atoms with van der Waals surface area (Å²) >= 11 is 1.11. The predicted molar refractivity (Wildman–Crippen MR) is 57.8 cm³/mol. The minimum atomic E-state index is -0.0850. The SMILES string of the molecule is O=C(NCc1csc(=O)[nH]1)[C@@H]1CCCN1. The summed E-state index contributed by atoms with van der Waals surface area (Å²) < 4.78 is 0. The molecule has 0 aromatic carbocycles. The zero-order valence-electron chi connectivity index (χ0n) is 8.21. The molecule has 15 heavy (non-hydrogen) atoms. The second-order valence-electron chi connectivity index (χ2n) is 3.54. The molecule has 1 atom stereocenters. The molecular formula is C9H13N3O2S. The van der Waals surface area contributed by atoms with Gasteiger partial charge in [0.1, 0.15) is 0 Å². The molecule has 1 aliphatic rings. The molecule has 5 nitrogen and oxygen atoms in total. The first kappa shape index (κ1) is 10.4. The van der Waals surface area contributed by atoms with E-state index in [1.807, 2.05) is 0 Å². The van der Waals surface area contributed by atoms with Crippen molar-refractivity contribution in [3.63, 3.8) is 0 Å². The van der Waals surface area contributed by atoms with Crippen LogP contribution in [0.15, 0.2) is 10.2 Å². The number of amides is 1. The van der Waals surface area contributed by atoms with Gasteiger partial charge in [0.15, 0.2) is 0 Å². The molecule has 1 fully saturated rings. The van der Waals surface area contributed by atoms with Gasteiger partial charge in [-0.3, -0.25) is 9.59 Å². The fourth-order valence-corrected chi connectivity index (χ4v) is 2.20. The van der Waals surface area contributed by atoms with Crippen molar-refractivity contribution in [2.24, 2.45) is 0 Å². The molecule has 0 spiro atoms. The molecule has 2 heterocycles. The zero-order valence-corrected chi connectivity index (χ0v) is 9.02. The third kappa shape index (κ3) is 2.66. The summed E-state index contributed by atoms with van der Waals surface area (Å²) in [5.74, 6) is 0.0135. The molecule has 2 rings (SSSR count). The maximum Gasteiger partial charge on any atom is 0.304 e. The number of rotatable bonds is 3. The van der Waals surface area contributed by atoms with Crippen molar-refractivity contribution in [1.29, 1.82) is 0 Å². The van der Waals surface area contributed by atoms with Crippen LogP contribution in [0.1, 0.15) is 18.5 Å². The van der Waals surface area contributed by atoms with Crippen molar-refractivity contribution >= 4 is 17.2 Å². The number of aromatic nitrogens is 1. The van der Waals surface area contributed by atoms with Crippen molar-refractivity contribution in [3.05, 3.63) is 20.7 Å². The number of carbonyl (C=O) groups excluding carboxylic acids is 1. The Bertz CT molecular complexity index is 392. The van der Waals surface area contributed by atoms with Gasteiger partial charge >= 0.3 is 4.87 Å². The lowest BCUT2D eigenvalue weighted by atomic mass is 10.2. The number of aromatic amines is 1. The fraction of sp³-hybridized carbons (Fsp3) is 0.556. The van der Waals surface area contributed by atoms with Gasteiger partial charge in [0.2, 0.25) is 5.91 Å². The first-order valence-corrected chi connectivity index (χ1v) is 5.81. The van der Waals surface area contributed by atoms with Crippen molar-refractivity contribution in [1.82, 2.24) is 15.6 Å². The third-order valence-electron chi connectivity index (χ3n) is 2.40. The molecule has 0 bridgehead atoms. The maximum absolute atomic E-state index is 11.6. The van der Waals surface area contributed by atoms with E-state index in [1.165, 1.54) is 0 Å². The van der Waals surface area contributed by atoms with E-state index in [0.717, 1.165) is 36.4 Å². The van der Waals surface area contributed by atoms with Crippen LogP contribution in [-0.4, -0.2) is 23.5 Å². The number of thiazole rings is 1. The highest BCUT2D eigenvalue weighted by Gasteiger charge is 2.21. The largest absolute Gasteiger partial charge is 0.349 e. The normalized spacial score (nSPS) is 20.4. The average molecular weight is 227 g/mol. The number of nitrogens with one attached hydrogen (secondary N) is 3. The Morgan fingerprint density at radius 1 is 1.67 bits per heavy atom. The van der Waals surface area contributed by atoms with Crippen molar-refractivity contribution in [3.8, 4) is 0 Å². The highest BCUT2D eigenvalue weighted by Crippen LogP contribution is 2.04. The first-order valence-electron chi connectivity index (χ1n) is 4.93. The topological polar surface area (TPSA) is 74.0 Å². The van der Waals surface area contributed by atoms with Crippen molar-refractivity contribution < 1.29 is 4.79 Å². The Kier molecular flexibility index (Phi) is 3.17. The lowest BCUT2D eigenvalue weighted by Gasteiger charge is -2.09. The molecule has 1 aliphatic heterocycles. The van der Waals surface area contributed by atoms with E-state index in [9.17, 15) is 9.59 Å². The second kappa shape index (κ2) is 4.59. The molecule has 1 aromatic heterocycles. The van der Waals surface area contributed by atoms with Crippen LogP contribution < -0.4 is 15.5 Å². The summed E-state index contributed by atoms with van der Waals surface area (Å²) in [6, 6.07) is -0.0599. The Balaban J connectivity index is 1.82. The average Bonchev–Trinajstić information content (AvgIpc) is 2.84. The van der Waals surface area contributed by atoms with Gasteiger partial charge in [-0.15, -0.1) is 0 Å². The van der Waals surface area contributed by atoms with Crippen molar-refractivity contribution in [2.45, 2.75) is 25.4 Å². The van der Waals surface area contributed by atoms with Gasteiger partial charge < -0.3 is 15.6 Å². The third-order valence-corrected chi connectivity index (χ3v) is 3.12. The minimum absolute atomic E-state index is 0.0135. The molecule has 1 amide bonds. The molecule has 0 radical (unpaired) electrons. The second-order valence-corrected chi connectivity index (χ2v) is 4.38. The van der Waals surface area contributed by atoms with Crippen LogP contribution in [-0.2, 0) is 11.3 Å². The summed E-state index contributed by atoms with van der Waals surface area (Å²) in [5.41, 5.74) is 0.761. The van der Waals surface area contributed by atoms with E-state index in [4.69, 9.17) is 0 Å². The van der Waals surface area contributed by atoms with E-state index in [0.29, 0.717) is 6.54 Å². The monoisotopic (exact) mass is 227 g/mol. The van der Waals surface area contributed by atoms with Crippen LogP contribution in [0.2, 0.25) is 0 Å². The van der Waals surface area contributed by atoms with Gasteiger partial charge in [-0.05, 0) is 19.4 Å². The van der Waals surface area contributed by atoms with E-state index in [2.05, 4.69) is 15.6 Å². The highest BCUT2D eigenvalue weighted by atomic mass is 32.1. The molecule has 1 aromatic rings. The van der Waals surface area contributed by atoms with Gasteiger partial charge in [0.05, 0.1) is 12.6 Å². The Morgan fingerprint density at radius 2 is 2.53 bits per heavy atom. The van der Waals surface area contributed by atoms with Crippen LogP contribution >= 0.6 is 11.3 Å². The van der Waals surface area contributed by atoms with Crippen LogP contribution in [0.5, 0.6) is 0 Å². The van der Waals surface area contributed by atoms with Crippen LogP contribution in [0.25, 0.3) is 0 Å². The predicted octanol–water partition coefficient (Wildman–Crippen LogP) is -0.195. The van der Waals surface area contributed by atoms with Gasteiger partial charge in [-0.25, -0.2) is 0 Å². The maximum atomic E-state index is 11.6.